The first kappa shape index (κ1) is 14.0. The Bertz CT molecular complexity index is 427. The maximum absolute atomic E-state index is 11.9. The van der Waals surface area contributed by atoms with Crippen LogP contribution in [-0.2, 0) is 19.0 Å². The second kappa shape index (κ2) is 5.72. The molecule has 1 aliphatic heterocycles. The average Bonchev–Trinajstić information content (AvgIpc) is 2.76. The van der Waals surface area contributed by atoms with Crippen molar-refractivity contribution >= 4 is 5.97 Å². The normalized spacial score (nSPS) is 23.0. The predicted octanol–water partition coefficient (Wildman–Crippen LogP) is 2.48. The quantitative estimate of drug-likeness (QED) is 0.784. The topological polar surface area (TPSA) is 44.8 Å². The molecule has 0 saturated carbocycles. The lowest BCUT2D eigenvalue weighted by Crippen LogP contribution is -2.26. The summed E-state index contributed by atoms with van der Waals surface area (Å²) in [6.07, 6.45) is -0.179. The fraction of sp³-hybridized carbons (Fsp3) is 0.533. The first-order valence-corrected chi connectivity index (χ1v) is 6.51. The van der Waals surface area contributed by atoms with Crippen molar-refractivity contribution in [2.24, 2.45) is 0 Å². The third-order valence-corrected chi connectivity index (χ3v) is 3.13. The molecule has 1 fully saturated rings. The van der Waals surface area contributed by atoms with Gasteiger partial charge in [-0.1, -0.05) is 30.3 Å². The Morgan fingerprint density at radius 2 is 2.11 bits per heavy atom. The summed E-state index contributed by atoms with van der Waals surface area (Å²) in [4.78, 5) is 11.9. The minimum absolute atomic E-state index is 0.179. The summed E-state index contributed by atoms with van der Waals surface area (Å²) in [7, 11) is 0. The van der Waals surface area contributed by atoms with Crippen LogP contribution in [0.2, 0.25) is 0 Å². The molecule has 0 amide bonds. The zero-order valence-corrected chi connectivity index (χ0v) is 11.6. The van der Waals surface area contributed by atoms with Crippen LogP contribution in [-0.4, -0.2) is 31.1 Å². The van der Waals surface area contributed by atoms with Crippen molar-refractivity contribution in [3.05, 3.63) is 35.9 Å². The fourth-order valence-electron chi connectivity index (χ4n) is 2.02. The van der Waals surface area contributed by atoms with Crippen LogP contribution in [0.1, 0.15) is 32.3 Å². The van der Waals surface area contributed by atoms with Crippen molar-refractivity contribution in [2.45, 2.75) is 38.6 Å². The van der Waals surface area contributed by atoms with Crippen LogP contribution in [0.25, 0.3) is 0 Å². The molecular weight excluding hydrogens is 244 g/mol. The number of hydrogen-bond donors (Lipinski definition) is 0. The summed E-state index contributed by atoms with van der Waals surface area (Å²) < 4.78 is 16.3. The maximum Gasteiger partial charge on any atom is 0.313 e. The van der Waals surface area contributed by atoms with Gasteiger partial charge in [-0.2, -0.15) is 0 Å². The Balaban J connectivity index is 1.82. The maximum atomic E-state index is 11.9. The van der Waals surface area contributed by atoms with Gasteiger partial charge in [-0.25, -0.2) is 0 Å². The largest absolute Gasteiger partial charge is 0.462 e. The van der Waals surface area contributed by atoms with E-state index in [0.29, 0.717) is 6.61 Å². The van der Waals surface area contributed by atoms with E-state index in [4.69, 9.17) is 14.2 Å². The van der Waals surface area contributed by atoms with Crippen LogP contribution in [0.4, 0.5) is 0 Å². The smallest absolute Gasteiger partial charge is 0.313 e. The van der Waals surface area contributed by atoms with Crippen LogP contribution in [0.3, 0.4) is 0 Å². The molecule has 1 saturated heterocycles. The Morgan fingerprint density at radius 3 is 2.68 bits per heavy atom. The lowest BCUT2D eigenvalue weighted by atomic mass is 10.0. The predicted molar refractivity (Wildman–Crippen MR) is 70.7 cm³/mol. The van der Waals surface area contributed by atoms with Crippen LogP contribution in [0.15, 0.2) is 30.3 Å². The van der Waals surface area contributed by atoms with Crippen LogP contribution in [0.5, 0.6) is 0 Å². The second-order valence-electron chi connectivity index (χ2n) is 5.21. The van der Waals surface area contributed by atoms with Crippen LogP contribution < -0.4 is 0 Å². The van der Waals surface area contributed by atoms with Gasteiger partial charge in [0.2, 0.25) is 0 Å². The molecule has 0 bridgehead atoms. The molecule has 1 aromatic carbocycles. The van der Waals surface area contributed by atoms with Crippen LogP contribution >= 0.6 is 0 Å². The molecule has 4 heteroatoms. The second-order valence-corrected chi connectivity index (χ2v) is 5.21. The Hall–Kier alpha value is -1.39. The highest BCUT2D eigenvalue weighted by Crippen LogP contribution is 2.23. The molecule has 19 heavy (non-hydrogen) atoms. The molecule has 0 aliphatic carbocycles. The summed E-state index contributed by atoms with van der Waals surface area (Å²) in [6.45, 7) is 6.23. The van der Waals surface area contributed by atoms with Crippen molar-refractivity contribution < 1.29 is 19.0 Å². The third kappa shape index (κ3) is 3.78. The number of rotatable bonds is 4. The lowest BCUT2D eigenvalue weighted by Gasteiger charge is -2.17. The fourth-order valence-corrected chi connectivity index (χ4v) is 2.02. The molecule has 1 unspecified atom stereocenters. The Kier molecular flexibility index (Phi) is 4.22. The van der Waals surface area contributed by atoms with E-state index < -0.39 is 5.79 Å². The molecule has 4 nitrogen and oxygen atoms in total. The molecule has 0 radical (unpaired) electrons. The first-order chi connectivity index (χ1) is 8.98. The molecule has 0 aromatic heterocycles. The van der Waals surface area contributed by atoms with E-state index in [2.05, 4.69) is 0 Å². The van der Waals surface area contributed by atoms with Gasteiger partial charge in [0, 0.05) is 0 Å². The summed E-state index contributed by atoms with van der Waals surface area (Å²) in [6, 6.07) is 9.59. The molecule has 0 spiro atoms. The lowest BCUT2D eigenvalue weighted by molar-refractivity contribution is -0.159. The first-order valence-electron chi connectivity index (χ1n) is 6.51. The van der Waals surface area contributed by atoms with Gasteiger partial charge in [-0.15, -0.1) is 0 Å². The molecule has 2 atom stereocenters. The summed E-state index contributed by atoms with van der Waals surface area (Å²) in [5.74, 6) is -1.08. The van der Waals surface area contributed by atoms with Crippen molar-refractivity contribution in [3.63, 3.8) is 0 Å². The van der Waals surface area contributed by atoms with E-state index in [9.17, 15) is 4.79 Å². The van der Waals surface area contributed by atoms with Crippen molar-refractivity contribution in [1.82, 2.24) is 0 Å². The number of hydrogen-bond acceptors (Lipinski definition) is 4. The van der Waals surface area contributed by atoms with Crippen molar-refractivity contribution in [1.29, 1.82) is 0 Å². The molecule has 1 heterocycles. The van der Waals surface area contributed by atoms with Gasteiger partial charge >= 0.3 is 5.97 Å². The minimum Gasteiger partial charge on any atom is -0.462 e. The van der Waals surface area contributed by atoms with Crippen molar-refractivity contribution in [3.8, 4) is 0 Å². The Morgan fingerprint density at radius 1 is 1.42 bits per heavy atom. The van der Waals surface area contributed by atoms with Crippen LogP contribution in [0, 0.1) is 0 Å². The minimum atomic E-state index is -0.581. The van der Waals surface area contributed by atoms with Gasteiger partial charge in [0.25, 0.3) is 0 Å². The number of esters is 1. The number of carbonyl (C=O) groups excluding carboxylic acids is 1. The van der Waals surface area contributed by atoms with Crippen molar-refractivity contribution in [2.75, 3.05) is 13.2 Å². The standard InChI is InChI=1S/C15H20O4/c1-11(12-7-5-4-6-8-12)14(16)17-9-13-10-18-15(2,3)19-13/h4-8,11,13H,9-10H2,1-3H3/t11?,13-/m0/s1. The van der Waals surface area contributed by atoms with Gasteiger partial charge in [0.1, 0.15) is 12.7 Å². The SMILES string of the molecule is CC(C(=O)OC[C@H]1COC(C)(C)O1)c1ccccc1. The zero-order chi connectivity index (χ0) is 13.9. The highest BCUT2D eigenvalue weighted by Gasteiger charge is 2.33. The van der Waals surface area contributed by atoms with Gasteiger partial charge in [0.05, 0.1) is 12.5 Å². The molecule has 0 N–H and O–H groups in total. The van der Waals surface area contributed by atoms with E-state index in [1.165, 1.54) is 0 Å². The Labute approximate surface area is 113 Å². The summed E-state index contributed by atoms with van der Waals surface area (Å²) in [5, 5.41) is 0. The third-order valence-electron chi connectivity index (χ3n) is 3.13. The summed E-state index contributed by atoms with van der Waals surface area (Å²) in [5.41, 5.74) is 0.955. The van der Waals surface area contributed by atoms with E-state index in [-0.39, 0.29) is 24.6 Å². The summed E-state index contributed by atoms with van der Waals surface area (Å²) >= 11 is 0. The highest BCUT2D eigenvalue weighted by atomic mass is 16.7. The number of benzene rings is 1. The molecule has 1 aromatic rings. The van der Waals surface area contributed by atoms with E-state index >= 15 is 0 Å². The van der Waals surface area contributed by atoms with E-state index in [0.717, 1.165) is 5.56 Å². The van der Waals surface area contributed by atoms with E-state index in [1.54, 1.807) is 0 Å². The monoisotopic (exact) mass is 264 g/mol. The average molecular weight is 264 g/mol. The van der Waals surface area contributed by atoms with Gasteiger partial charge in [-0.05, 0) is 26.3 Å². The van der Waals surface area contributed by atoms with Gasteiger partial charge < -0.3 is 14.2 Å². The number of carbonyl (C=O) groups is 1. The number of ether oxygens (including phenoxy) is 3. The van der Waals surface area contributed by atoms with Gasteiger partial charge in [0.15, 0.2) is 5.79 Å². The molecule has 104 valence electrons. The van der Waals surface area contributed by atoms with E-state index in [1.807, 2.05) is 51.1 Å². The zero-order valence-electron chi connectivity index (χ0n) is 11.6. The molecule has 2 rings (SSSR count). The molecular formula is C15H20O4. The highest BCUT2D eigenvalue weighted by molar-refractivity contribution is 5.77. The molecule has 1 aliphatic rings. The van der Waals surface area contributed by atoms with Gasteiger partial charge in [-0.3, -0.25) is 4.79 Å².